The molecule has 160 valence electrons. The van der Waals surface area contributed by atoms with Crippen LogP contribution in [-0.4, -0.2) is 76.0 Å². The molecule has 2 rings (SSSR count). The zero-order chi connectivity index (χ0) is 19.9. The normalized spacial score (nSPS) is 15.2. The van der Waals surface area contributed by atoms with Crippen LogP contribution in [0.3, 0.4) is 0 Å². The molecule has 0 bridgehead atoms. The molecule has 7 nitrogen and oxygen atoms in total. The number of sulfone groups is 1. The molecule has 0 spiro atoms. The number of hydrogen-bond donors (Lipinski definition) is 0. The molecular weight excluding hydrogens is 404 g/mol. The van der Waals surface area contributed by atoms with Gasteiger partial charge < -0.3 is 14.4 Å². The average Bonchev–Trinajstić information content (AvgIpc) is 2.66. The second-order valence-corrected chi connectivity index (χ2v) is 8.72. The predicted octanol–water partition coefficient (Wildman–Crippen LogP) is 2.83. The molecule has 0 radical (unpaired) electrons. The number of hydrogen-bond acceptors (Lipinski definition) is 6. The Morgan fingerprint density at radius 2 is 1.61 bits per heavy atom. The van der Waals surface area contributed by atoms with E-state index in [0.29, 0.717) is 24.9 Å². The third-order valence-corrected chi connectivity index (χ3v) is 5.99. The number of halogens is 1. The molecule has 0 N–H and O–H groups in total. The summed E-state index contributed by atoms with van der Waals surface area (Å²) in [6, 6.07) is 6.77. The maximum atomic E-state index is 12.1. The van der Waals surface area contributed by atoms with Gasteiger partial charge in [-0.15, -0.1) is 12.4 Å². The molecule has 1 aromatic rings. The SMILES string of the molecule is CCC(CC)N1CCN(C(=O)OCCOc2ccc(S(C)(=O)=O)cc2)CC1.Cl. The molecule has 28 heavy (non-hydrogen) atoms. The number of piperazine rings is 1. The van der Waals surface area contributed by atoms with Gasteiger partial charge in [0.25, 0.3) is 0 Å². The summed E-state index contributed by atoms with van der Waals surface area (Å²) in [6.45, 7) is 7.89. The lowest BCUT2D eigenvalue weighted by Gasteiger charge is -2.38. The van der Waals surface area contributed by atoms with Gasteiger partial charge in [-0.05, 0) is 37.1 Å². The number of nitrogens with zero attached hydrogens (tertiary/aromatic N) is 2. The Bertz CT molecular complexity index is 700. The van der Waals surface area contributed by atoms with E-state index < -0.39 is 9.84 Å². The molecule has 0 unspecified atom stereocenters. The molecule has 1 heterocycles. The van der Waals surface area contributed by atoms with Gasteiger partial charge in [0.2, 0.25) is 0 Å². The molecule has 1 saturated heterocycles. The fourth-order valence-corrected chi connectivity index (χ4v) is 3.87. The molecule has 0 saturated carbocycles. The quantitative estimate of drug-likeness (QED) is 0.585. The minimum Gasteiger partial charge on any atom is -0.490 e. The van der Waals surface area contributed by atoms with Gasteiger partial charge in [0.1, 0.15) is 19.0 Å². The van der Waals surface area contributed by atoms with Crippen LogP contribution in [0.15, 0.2) is 29.2 Å². The van der Waals surface area contributed by atoms with Crippen LogP contribution in [0.5, 0.6) is 5.75 Å². The Labute approximate surface area is 174 Å². The van der Waals surface area contributed by atoms with Crippen LogP contribution < -0.4 is 4.74 Å². The third-order valence-electron chi connectivity index (χ3n) is 4.86. The molecule has 1 fully saturated rings. The van der Waals surface area contributed by atoms with Crippen molar-refractivity contribution in [1.82, 2.24) is 9.80 Å². The van der Waals surface area contributed by atoms with Crippen molar-refractivity contribution < 1.29 is 22.7 Å². The van der Waals surface area contributed by atoms with E-state index in [1.54, 1.807) is 17.0 Å². The molecule has 0 atom stereocenters. The highest BCUT2D eigenvalue weighted by Crippen LogP contribution is 2.16. The van der Waals surface area contributed by atoms with Crippen LogP contribution in [0.25, 0.3) is 0 Å². The predicted molar refractivity (Wildman–Crippen MR) is 111 cm³/mol. The Morgan fingerprint density at radius 1 is 1.04 bits per heavy atom. The number of carbonyl (C=O) groups is 1. The fraction of sp³-hybridized carbons (Fsp3) is 0.632. The van der Waals surface area contributed by atoms with Crippen LogP contribution in [0.1, 0.15) is 26.7 Å². The van der Waals surface area contributed by atoms with E-state index >= 15 is 0 Å². The van der Waals surface area contributed by atoms with E-state index in [0.717, 1.165) is 32.2 Å². The summed E-state index contributed by atoms with van der Waals surface area (Å²) < 4.78 is 33.6. The molecular formula is C19H31ClN2O5S. The topological polar surface area (TPSA) is 76.2 Å². The zero-order valence-electron chi connectivity index (χ0n) is 16.8. The first-order valence-electron chi connectivity index (χ1n) is 9.43. The Morgan fingerprint density at radius 3 is 2.11 bits per heavy atom. The van der Waals surface area contributed by atoms with E-state index in [9.17, 15) is 13.2 Å². The van der Waals surface area contributed by atoms with E-state index in [1.807, 2.05) is 0 Å². The average molecular weight is 435 g/mol. The number of rotatable bonds is 8. The van der Waals surface area contributed by atoms with Gasteiger partial charge in [-0.2, -0.15) is 0 Å². The molecule has 1 aromatic carbocycles. The van der Waals surface area contributed by atoms with E-state index in [4.69, 9.17) is 9.47 Å². The fourth-order valence-electron chi connectivity index (χ4n) is 3.24. The van der Waals surface area contributed by atoms with E-state index in [1.165, 1.54) is 12.1 Å². The second kappa shape index (κ2) is 11.5. The maximum absolute atomic E-state index is 12.1. The maximum Gasteiger partial charge on any atom is 0.409 e. The first-order valence-corrected chi connectivity index (χ1v) is 11.3. The molecule has 1 aliphatic heterocycles. The van der Waals surface area contributed by atoms with Crippen molar-refractivity contribution in [3.05, 3.63) is 24.3 Å². The standard InChI is InChI=1S/C19H30N2O5S.ClH/c1-4-16(5-2)20-10-12-21(13-11-20)19(22)26-15-14-25-17-6-8-18(9-7-17)27(3,23)24;/h6-9,16H,4-5,10-15H2,1-3H3;1H. The van der Waals surface area contributed by atoms with Gasteiger partial charge in [0.15, 0.2) is 9.84 Å². The smallest absolute Gasteiger partial charge is 0.409 e. The van der Waals surface area contributed by atoms with Crippen LogP contribution in [0, 0.1) is 0 Å². The lowest BCUT2D eigenvalue weighted by atomic mass is 10.1. The van der Waals surface area contributed by atoms with Crippen molar-refractivity contribution in [2.24, 2.45) is 0 Å². The second-order valence-electron chi connectivity index (χ2n) is 6.70. The van der Waals surface area contributed by atoms with Crippen molar-refractivity contribution >= 4 is 28.3 Å². The number of amides is 1. The molecule has 9 heteroatoms. The molecule has 1 aliphatic rings. The van der Waals surface area contributed by atoms with Crippen molar-refractivity contribution in [2.75, 3.05) is 45.6 Å². The minimum absolute atomic E-state index is 0. The van der Waals surface area contributed by atoms with Crippen LogP contribution in [-0.2, 0) is 14.6 Å². The van der Waals surface area contributed by atoms with Gasteiger partial charge in [-0.3, -0.25) is 4.90 Å². The zero-order valence-corrected chi connectivity index (χ0v) is 18.4. The van der Waals surface area contributed by atoms with E-state index in [-0.39, 0.29) is 36.6 Å². The Hall–Kier alpha value is -1.51. The largest absolute Gasteiger partial charge is 0.490 e. The Kier molecular flexibility index (Phi) is 10.1. The van der Waals surface area contributed by atoms with Crippen molar-refractivity contribution in [3.63, 3.8) is 0 Å². The molecule has 0 aromatic heterocycles. The van der Waals surface area contributed by atoms with Gasteiger partial charge in [0, 0.05) is 38.5 Å². The summed E-state index contributed by atoms with van der Waals surface area (Å²) >= 11 is 0. The lowest BCUT2D eigenvalue weighted by Crippen LogP contribution is -2.52. The van der Waals surface area contributed by atoms with Crippen molar-refractivity contribution in [2.45, 2.75) is 37.6 Å². The minimum atomic E-state index is -3.22. The third kappa shape index (κ3) is 7.14. The number of carbonyl (C=O) groups excluding carboxylic acids is 1. The summed E-state index contributed by atoms with van der Waals surface area (Å²) in [7, 11) is -3.22. The molecule has 0 aliphatic carbocycles. The van der Waals surface area contributed by atoms with Crippen LogP contribution >= 0.6 is 12.4 Å². The van der Waals surface area contributed by atoms with Crippen LogP contribution in [0.4, 0.5) is 4.79 Å². The summed E-state index contributed by atoms with van der Waals surface area (Å²) in [5.74, 6) is 0.539. The van der Waals surface area contributed by atoms with Gasteiger partial charge in [0.05, 0.1) is 4.90 Å². The van der Waals surface area contributed by atoms with Gasteiger partial charge in [-0.1, -0.05) is 13.8 Å². The Balaban J connectivity index is 0.00000392. The number of ether oxygens (including phenoxy) is 2. The highest BCUT2D eigenvalue weighted by Gasteiger charge is 2.25. The van der Waals surface area contributed by atoms with E-state index in [2.05, 4.69) is 18.7 Å². The summed E-state index contributed by atoms with van der Waals surface area (Å²) in [6.07, 6.45) is 3.11. The van der Waals surface area contributed by atoms with Crippen molar-refractivity contribution in [3.8, 4) is 5.75 Å². The molecule has 1 amide bonds. The lowest BCUT2D eigenvalue weighted by molar-refractivity contribution is 0.0553. The van der Waals surface area contributed by atoms with Crippen molar-refractivity contribution in [1.29, 1.82) is 0 Å². The first-order chi connectivity index (χ1) is 12.8. The summed E-state index contributed by atoms with van der Waals surface area (Å²) in [4.78, 5) is 16.6. The highest BCUT2D eigenvalue weighted by atomic mass is 35.5. The summed E-state index contributed by atoms with van der Waals surface area (Å²) in [5, 5.41) is 0. The van der Waals surface area contributed by atoms with Gasteiger partial charge >= 0.3 is 6.09 Å². The van der Waals surface area contributed by atoms with Gasteiger partial charge in [-0.25, -0.2) is 13.2 Å². The summed E-state index contributed by atoms with van der Waals surface area (Å²) in [5.41, 5.74) is 0. The first kappa shape index (κ1) is 24.5. The number of benzene rings is 1. The monoisotopic (exact) mass is 434 g/mol. The highest BCUT2D eigenvalue weighted by molar-refractivity contribution is 7.90. The van der Waals surface area contributed by atoms with Crippen LogP contribution in [0.2, 0.25) is 0 Å².